The van der Waals surface area contributed by atoms with Gasteiger partial charge in [-0.05, 0) is 6.92 Å². The van der Waals surface area contributed by atoms with Gasteiger partial charge >= 0.3 is 12.3 Å². The number of carbonyl (C=O) groups is 1. The van der Waals surface area contributed by atoms with Crippen LogP contribution in [0, 0.1) is 5.82 Å². The van der Waals surface area contributed by atoms with Gasteiger partial charge in [-0.1, -0.05) is 15.9 Å². The summed E-state index contributed by atoms with van der Waals surface area (Å²) < 4.78 is 58.4. The largest absolute Gasteiger partial charge is 0.573 e. The highest BCUT2D eigenvalue weighted by Gasteiger charge is 2.35. The Morgan fingerprint density at radius 2 is 2.11 bits per heavy atom. The number of hydrogen-bond donors (Lipinski definition) is 0. The lowest BCUT2D eigenvalue weighted by molar-refractivity contribution is -0.275. The van der Waals surface area contributed by atoms with Crippen LogP contribution < -0.4 is 4.74 Å². The zero-order valence-corrected chi connectivity index (χ0v) is 11.1. The molecule has 0 saturated carbocycles. The Bertz CT molecular complexity index is 479. The van der Waals surface area contributed by atoms with Crippen LogP contribution in [0.3, 0.4) is 0 Å². The topological polar surface area (TPSA) is 48.4 Å². The molecule has 1 aromatic heterocycles. The van der Waals surface area contributed by atoms with Crippen LogP contribution in [0.1, 0.15) is 23.0 Å². The molecule has 19 heavy (non-hydrogen) atoms. The third kappa shape index (κ3) is 4.05. The van der Waals surface area contributed by atoms with Crippen LogP contribution in [0.25, 0.3) is 0 Å². The van der Waals surface area contributed by atoms with Crippen molar-refractivity contribution in [2.24, 2.45) is 0 Å². The zero-order chi connectivity index (χ0) is 14.6. The van der Waals surface area contributed by atoms with Crippen LogP contribution in [0.15, 0.2) is 6.20 Å². The average Bonchev–Trinajstić information content (AvgIpc) is 2.30. The van der Waals surface area contributed by atoms with E-state index in [9.17, 15) is 22.4 Å². The van der Waals surface area contributed by atoms with E-state index in [-0.39, 0.29) is 17.5 Å². The van der Waals surface area contributed by atoms with Gasteiger partial charge in [-0.2, -0.15) is 0 Å². The highest BCUT2D eigenvalue weighted by molar-refractivity contribution is 9.08. The Hall–Kier alpha value is -1.38. The molecule has 0 aromatic carbocycles. The van der Waals surface area contributed by atoms with Crippen molar-refractivity contribution < 1.29 is 31.8 Å². The lowest BCUT2D eigenvalue weighted by Crippen LogP contribution is -2.21. The summed E-state index contributed by atoms with van der Waals surface area (Å²) in [4.78, 5) is 14.7. The Kier molecular flexibility index (Phi) is 5.10. The molecule has 0 fully saturated rings. The molecule has 0 atom stereocenters. The normalized spacial score (nSPS) is 11.3. The molecule has 0 radical (unpaired) electrons. The standard InChI is InChI=1S/C10H8BrF4NO3/c1-2-18-9(17)7-6(12)8(19-10(13,14)15)5(3-11)4-16-7/h4H,2-3H2,1H3. The van der Waals surface area contributed by atoms with Gasteiger partial charge in [0, 0.05) is 17.1 Å². The summed E-state index contributed by atoms with van der Waals surface area (Å²) in [5.74, 6) is -3.76. The van der Waals surface area contributed by atoms with Gasteiger partial charge < -0.3 is 9.47 Å². The van der Waals surface area contributed by atoms with Gasteiger partial charge in [-0.15, -0.1) is 13.2 Å². The number of aromatic nitrogens is 1. The molecule has 0 saturated heterocycles. The summed E-state index contributed by atoms with van der Waals surface area (Å²) in [6.07, 6.45) is -4.17. The average molecular weight is 346 g/mol. The van der Waals surface area contributed by atoms with Gasteiger partial charge in [0.1, 0.15) is 0 Å². The number of carbonyl (C=O) groups excluding carboxylic acids is 1. The second-order valence-electron chi connectivity index (χ2n) is 3.18. The molecular weight excluding hydrogens is 338 g/mol. The first kappa shape index (κ1) is 15.7. The lowest BCUT2D eigenvalue weighted by atomic mass is 10.2. The molecule has 106 valence electrons. The van der Waals surface area contributed by atoms with E-state index in [1.165, 1.54) is 6.92 Å². The molecular formula is C10H8BrF4NO3. The highest BCUT2D eigenvalue weighted by atomic mass is 79.9. The molecule has 4 nitrogen and oxygen atoms in total. The lowest BCUT2D eigenvalue weighted by Gasteiger charge is -2.14. The molecule has 1 heterocycles. The van der Waals surface area contributed by atoms with Crippen molar-refractivity contribution in [1.29, 1.82) is 0 Å². The fourth-order valence-corrected chi connectivity index (χ4v) is 1.57. The minimum atomic E-state index is -5.08. The van der Waals surface area contributed by atoms with Crippen molar-refractivity contribution >= 4 is 21.9 Å². The number of hydrogen-bond acceptors (Lipinski definition) is 4. The second kappa shape index (κ2) is 6.18. The number of halogens is 5. The van der Waals surface area contributed by atoms with Crippen molar-refractivity contribution in [2.75, 3.05) is 6.61 Å². The van der Waals surface area contributed by atoms with Gasteiger partial charge in [0.25, 0.3) is 0 Å². The van der Waals surface area contributed by atoms with Crippen LogP contribution in [-0.4, -0.2) is 23.9 Å². The van der Waals surface area contributed by atoms with Crippen LogP contribution in [0.5, 0.6) is 5.75 Å². The van der Waals surface area contributed by atoms with Gasteiger partial charge in [-0.25, -0.2) is 14.2 Å². The van der Waals surface area contributed by atoms with Crippen LogP contribution in [0.4, 0.5) is 17.6 Å². The van der Waals surface area contributed by atoms with E-state index in [1.54, 1.807) is 0 Å². The molecule has 0 aliphatic carbocycles. The summed E-state index contributed by atoms with van der Waals surface area (Å²) in [6.45, 7) is 1.41. The van der Waals surface area contributed by atoms with E-state index in [0.29, 0.717) is 0 Å². The molecule has 0 N–H and O–H groups in total. The minimum Gasteiger partial charge on any atom is -0.461 e. The van der Waals surface area contributed by atoms with E-state index < -0.39 is 29.6 Å². The molecule has 0 bridgehead atoms. The maximum absolute atomic E-state index is 13.8. The highest BCUT2D eigenvalue weighted by Crippen LogP contribution is 2.31. The summed E-state index contributed by atoms with van der Waals surface area (Å²) in [6, 6.07) is 0. The van der Waals surface area contributed by atoms with E-state index in [0.717, 1.165) is 6.20 Å². The monoisotopic (exact) mass is 345 g/mol. The van der Waals surface area contributed by atoms with Crippen molar-refractivity contribution in [3.05, 3.63) is 23.3 Å². The van der Waals surface area contributed by atoms with Crippen molar-refractivity contribution in [1.82, 2.24) is 4.98 Å². The Morgan fingerprint density at radius 1 is 1.47 bits per heavy atom. The molecule has 0 aliphatic rings. The van der Waals surface area contributed by atoms with Crippen molar-refractivity contribution in [3.63, 3.8) is 0 Å². The second-order valence-corrected chi connectivity index (χ2v) is 3.74. The van der Waals surface area contributed by atoms with E-state index in [4.69, 9.17) is 0 Å². The third-order valence-electron chi connectivity index (χ3n) is 1.88. The van der Waals surface area contributed by atoms with Crippen molar-refractivity contribution in [2.45, 2.75) is 18.6 Å². The number of pyridine rings is 1. The first-order valence-electron chi connectivity index (χ1n) is 4.96. The first-order valence-corrected chi connectivity index (χ1v) is 6.08. The van der Waals surface area contributed by atoms with Crippen LogP contribution in [0.2, 0.25) is 0 Å². The molecule has 1 aromatic rings. The predicted octanol–water partition coefficient (Wildman–Crippen LogP) is 3.19. The molecule has 1 rings (SSSR count). The minimum absolute atomic E-state index is 0.0599. The molecule has 0 aliphatic heterocycles. The van der Waals surface area contributed by atoms with E-state index in [2.05, 4.69) is 30.4 Å². The first-order chi connectivity index (χ1) is 8.80. The van der Waals surface area contributed by atoms with E-state index >= 15 is 0 Å². The predicted molar refractivity (Wildman–Crippen MR) is 59.5 cm³/mol. The fourth-order valence-electron chi connectivity index (χ4n) is 1.17. The van der Waals surface area contributed by atoms with Crippen LogP contribution in [-0.2, 0) is 10.1 Å². The summed E-state index contributed by atoms with van der Waals surface area (Å²) in [5.41, 5.74) is -1.03. The van der Waals surface area contributed by atoms with Crippen LogP contribution >= 0.6 is 15.9 Å². The zero-order valence-electron chi connectivity index (χ0n) is 9.55. The Morgan fingerprint density at radius 3 is 2.58 bits per heavy atom. The smallest absolute Gasteiger partial charge is 0.461 e. The number of nitrogens with zero attached hydrogens (tertiary/aromatic N) is 1. The third-order valence-corrected chi connectivity index (χ3v) is 2.48. The quantitative estimate of drug-likeness (QED) is 0.477. The van der Waals surface area contributed by atoms with Gasteiger partial charge in [0.15, 0.2) is 17.3 Å². The molecule has 0 spiro atoms. The van der Waals surface area contributed by atoms with E-state index in [1.807, 2.05) is 0 Å². The number of rotatable bonds is 4. The maximum Gasteiger partial charge on any atom is 0.573 e. The molecule has 9 heteroatoms. The Labute approximate surface area is 113 Å². The Balaban J connectivity index is 3.25. The number of alkyl halides is 4. The van der Waals surface area contributed by atoms with Crippen molar-refractivity contribution in [3.8, 4) is 5.75 Å². The van der Waals surface area contributed by atoms with Gasteiger partial charge in [0.05, 0.1) is 6.61 Å². The molecule has 0 unspecified atom stereocenters. The van der Waals surface area contributed by atoms with Gasteiger partial charge in [-0.3, -0.25) is 0 Å². The fraction of sp³-hybridized carbons (Fsp3) is 0.400. The number of esters is 1. The molecule has 0 amide bonds. The van der Waals surface area contributed by atoms with Gasteiger partial charge in [0.2, 0.25) is 0 Å². The number of ether oxygens (including phenoxy) is 2. The SMILES string of the molecule is CCOC(=O)c1ncc(CBr)c(OC(F)(F)F)c1F. The summed E-state index contributed by atoms with van der Waals surface area (Å²) in [5, 5.41) is -0.120. The maximum atomic E-state index is 13.8. The summed E-state index contributed by atoms with van der Waals surface area (Å²) in [7, 11) is 0. The summed E-state index contributed by atoms with van der Waals surface area (Å²) >= 11 is 2.87.